The molecule has 0 aliphatic heterocycles. The lowest BCUT2D eigenvalue weighted by Gasteiger charge is -2.12. The molecule has 116 valence electrons. The van der Waals surface area contributed by atoms with Crippen LogP contribution in [0.2, 0.25) is 5.02 Å². The lowest BCUT2D eigenvalue weighted by Crippen LogP contribution is -2.17. The first-order valence-electron chi connectivity index (χ1n) is 6.86. The number of halogens is 1. The molecule has 23 heavy (non-hydrogen) atoms. The van der Waals surface area contributed by atoms with E-state index < -0.39 is 0 Å². The smallest absolute Gasteiger partial charge is 0.214 e. The highest BCUT2D eigenvalue weighted by molar-refractivity contribution is 7.20. The molecule has 0 fully saturated rings. The van der Waals surface area contributed by atoms with Gasteiger partial charge in [0.15, 0.2) is 0 Å². The van der Waals surface area contributed by atoms with Gasteiger partial charge in [0, 0.05) is 17.6 Å². The van der Waals surface area contributed by atoms with Crippen molar-refractivity contribution in [3.8, 4) is 11.3 Å². The number of aromatic amines is 1. The van der Waals surface area contributed by atoms with Gasteiger partial charge in [-0.1, -0.05) is 35.1 Å². The Labute approximate surface area is 140 Å². The van der Waals surface area contributed by atoms with Crippen LogP contribution < -0.4 is 4.90 Å². The van der Waals surface area contributed by atoms with Crippen LogP contribution in [0.1, 0.15) is 5.82 Å². The molecule has 4 rings (SSSR count). The largest absolute Gasteiger partial charge is 0.342 e. The van der Waals surface area contributed by atoms with Crippen molar-refractivity contribution in [3.05, 3.63) is 47.6 Å². The Morgan fingerprint density at radius 3 is 2.83 bits per heavy atom. The number of nitrogens with one attached hydrogen (secondary N) is 1. The Bertz CT molecular complexity index is 895. The van der Waals surface area contributed by atoms with Crippen molar-refractivity contribution in [1.82, 2.24) is 29.8 Å². The van der Waals surface area contributed by atoms with Crippen molar-refractivity contribution < 1.29 is 0 Å². The second-order valence-corrected chi connectivity index (χ2v) is 6.40. The highest BCUT2D eigenvalue weighted by Gasteiger charge is 2.13. The summed E-state index contributed by atoms with van der Waals surface area (Å²) in [6.07, 6.45) is 3.41. The van der Waals surface area contributed by atoms with Crippen molar-refractivity contribution in [2.24, 2.45) is 0 Å². The molecule has 9 heteroatoms. The molecule has 0 saturated carbocycles. The van der Waals surface area contributed by atoms with Crippen molar-refractivity contribution in [2.45, 2.75) is 6.54 Å². The van der Waals surface area contributed by atoms with Crippen LogP contribution in [0.25, 0.3) is 16.2 Å². The lowest BCUT2D eigenvalue weighted by atomic mass is 10.2. The number of benzene rings is 1. The van der Waals surface area contributed by atoms with Gasteiger partial charge in [0.25, 0.3) is 0 Å². The van der Waals surface area contributed by atoms with Crippen molar-refractivity contribution in [3.63, 3.8) is 0 Å². The van der Waals surface area contributed by atoms with Gasteiger partial charge in [-0.15, -0.1) is 5.10 Å². The molecule has 0 atom stereocenters. The quantitative estimate of drug-likeness (QED) is 0.615. The SMILES string of the molecule is CN(Cc1ncn[nH]1)c1nn2cc(-c3ccc(Cl)cc3)nc2s1. The fourth-order valence-corrected chi connectivity index (χ4v) is 3.17. The summed E-state index contributed by atoms with van der Waals surface area (Å²) >= 11 is 7.44. The van der Waals surface area contributed by atoms with Crippen molar-refractivity contribution in [1.29, 1.82) is 0 Å². The number of hydrogen-bond donors (Lipinski definition) is 1. The number of fused-ring (bicyclic) bond motifs is 1. The second-order valence-electron chi connectivity index (χ2n) is 5.03. The first kappa shape index (κ1) is 14.2. The molecule has 1 aromatic carbocycles. The highest BCUT2D eigenvalue weighted by Crippen LogP contribution is 2.27. The standard InChI is InChI=1S/C14H12ClN7S/c1-21(7-12-16-8-17-19-12)14-20-22-6-11(18-13(22)23-14)9-2-4-10(15)5-3-9/h2-6,8H,7H2,1H3,(H,16,17,19). The van der Waals surface area contributed by atoms with E-state index in [0.717, 1.165) is 27.2 Å². The van der Waals surface area contributed by atoms with Gasteiger partial charge < -0.3 is 4.90 Å². The van der Waals surface area contributed by atoms with Crippen LogP contribution in [0.5, 0.6) is 0 Å². The molecule has 0 spiro atoms. The Morgan fingerprint density at radius 1 is 1.30 bits per heavy atom. The van der Waals surface area contributed by atoms with Gasteiger partial charge in [0.1, 0.15) is 12.2 Å². The summed E-state index contributed by atoms with van der Waals surface area (Å²) in [6, 6.07) is 7.61. The number of H-pyrrole nitrogens is 1. The average molecular weight is 346 g/mol. The van der Waals surface area contributed by atoms with E-state index in [9.17, 15) is 0 Å². The Morgan fingerprint density at radius 2 is 2.13 bits per heavy atom. The first-order valence-corrected chi connectivity index (χ1v) is 8.06. The molecular formula is C14H12ClN7S. The van der Waals surface area contributed by atoms with E-state index in [4.69, 9.17) is 11.6 Å². The van der Waals surface area contributed by atoms with E-state index in [1.165, 1.54) is 17.7 Å². The Hall–Kier alpha value is -2.45. The summed E-state index contributed by atoms with van der Waals surface area (Å²) in [4.78, 5) is 11.6. The molecule has 0 bridgehead atoms. The number of imidazole rings is 1. The highest BCUT2D eigenvalue weighted by atomic mass is 35.5. The number of hydrogen-bond acceptors (Lipinski definition) is 6. The second kappa shape index (κ2) is 5.64. The van der Waals surface area contributed by atoms with Crippen molar-refractivity contribution >= 4 is 33.0 Å². The minimum Gasteiger partial charge on any atom is -0.342 e. The van der Waals surface area contributed by atoms with Gasteiger partial charge in [-0.2, -0.15) is 5.10 Å². The summed E-state index contributed by atoms with van der Waals surface area (Å²) in [5, 5.41) is 12.8. The predicted octanol–water partition coefficient (Wildman–Crippen LogP) is 2.87. The minimum absolute atomic E-state index is 0.612. The summed E-state index contributed by atoms with van der Waals surface area (Å²) in [7, 11) is 1.96. The van der Waals surface area contributed by atoms with Gasteiger partial charge >= 0.3 is 0 Å². The van der Waals surface area contributed by atoms with E-state index in [0.29, 0.717) is 11.6 Å². The third-order valence-electron chi connectivity index (χ3n) is 3.35. The average Bonchev–Trinajstić information content (AvgIpc) is 3.23. The van der Waals surface area contributed by atoms with Crippen LogP contribution >= 0.6 is 22.9 Å². The fraction of sp³-hybridized carbons (Fsp3) is 0.143. The number of aromatic nitrogens is 6. The maximum atomic E-state index is 5.92. The predicted molar refractivity (Wildman–Crippen MR) is 89.8 cm³/mol. The molecule has 4 aromatic rings. The third-order valence-corrected chi connectivity index (χ3v) is 4.64. The minimum atomic E-state index is 0.612. The van der Waals surface area contributed by atoms with Crippen molar-refractivity contribution in [2.75, 3.05) is 11.9 Å². The molecule has 0 aliphatic rings. The molecule has 7 nitrogen and oxygen atoms in total. The van der Waals surface area contributed by atoms with Crippen LogP contribution in [0.15, 0.2) is 36.8 Å². The molecule has 0 unspecified atom stereocenters. The van der Waals surface area contributed by atoms with Gasteiger partial charge in [-0.25, -0.2) is 14.5 Å². The summed E-state index contributed by atoms with van der Waals surface area (Å²) < 4.78 is 1.79. The van der Waals surface area contributed by atoms with Gasteiger partial charge in [-0.05, 0) is 12.1 Å². The zero-order valence-corrected chi connectivity index (χ0v) is 13.7. The zero-order chi connectivity index (χ0) is 15.8. The maximum absolute atomic E-state index is 5.92. The Balaban J connectivity index is 1.60. The maximum Gasteiger partial charge on any atom is 0.214 e. The molecule has 3 heterocycles. The number of anilines is 1. The van der Waals surface area contributed by atoms with Crippen LogP contribution in [-0.4, -0.2) is 36.8 Å². The summed E-state index contributed by atoms with van der Waals surface area (Å²) in [5.41, 5.74) is 1.90. The number of nitrogens with zero attached hydrogens (tertiary/aromatic N) is 6. The third kappa shape index (κ3) is 2.78. The topological polar surface area (TPSA) is 75.0 Å². The van der Waals surface area contributed by atoms with Gasteiger partial charge in [0.05, 0.1) is 18.4 Å². The van der Waals surface area contributed by atoms with Crippen LogP contribution in [-0.2, 0) is 6.54 Å². The molecule has 0 aliphatic carbocycles. The normalized spacial score (nSPS) is 11.2. The van der Waals surface area contributed by atoms with E-state index in [-0.39, 0.29) is 0 Å². The van der Waals surface area contributed by atoms with E-state index in [2.05, 4.69) is 25.3 Å². The van der Waals surface area contributed by atoms with Gasteiger partial charge in [-0.3, -0.25) is 5.10 Å². The van der Waals surface area contributed by atoms with Crippen LogP contribution in [0, 0.1) is 0 Å². The fourth-order valence-electron chi connectivity index (χ4n) is 2.20. The summed E-state index contributed by atoms with van der Waals surface area (Å²) in [6.45, 7) is 0.612. The van der Waals surface area contributed by atoms with Crippen LogP contribution in [0.3, 0.4) is 0 Å². The van der Waals surface area contributed by atoms with Gasteiger partial charge in [0.2, 0.25) is 10.1 Å². The van der Waals surface area contributed by atoms with E-state index in [1.807, 2.05) is 42.4 Å². The molecule has 0 amide bonds. The number of rotatable bonds is 4. The lowest BCUT2D eigenvalue weighted by molar-refractivity contribution is 0.821. The molecular weight excluding hydrogens is 334 g/mol. The molecule has 0 saturated heterocycles. The molecule has 3 aromatic heterocycles. The zero-order valence-electron chi connectivity index (χ0n) is 12.1. The monoisotopic (exact) mass is 345 g/mol. The first-order chi connectivity index (χ1) is 11.2. The van der Waals surface area contributed by atoms with E-state index in [1.54, 1.807) is 4.52 Å². The molecule has 0 radical (unpaired) electrons. The Kier molecular flexibility index (Phi) is 3.47. The van der Waals surface area contributed by atoms with E-state index >= 15 is 0 Å². The summed E-state index contributed by atoms with van der Waals surface area (Å²) in [5.74, 6) is 0.794. The van der Waals surface area contributed by atoms with Crippen LogP contribution in [0.4, 0.5) is 5.13 Å². The molecule has 1 N–H and O–H groups in total.